The van der Waals surface area contributed by atoms with Gasteiger partial charge in [0.05, 0.1) is 24.9 Å². The highest BCUT2D eigenvalue weighted by atomic mass is 16.6. The Kier molecular flexibility index (Phi) is 4.76. The number of carbonyl (C=O) groups is 2. The van der Waals surface area contributed by atoms with Gasteiger partial charge >= 0.3 is 12.1 Å². The number of alkyl carbamates (subject to hydrolysis) is 1. The summed E-state index contributed by atoms with van der Waals surface area (Å²) in [5.74, 6) is -0.750. The summed E-state index contributed by atoms with van der Waals surface area (Å²) in [6, 6.07) is -0.287. The van der Waals surface area contributed by atoms with Crippen LogP contribution in [0.5, 0.6) is 0 Å². The van der Waals surface area contributed by atoms with E-state index in [0.29, 0.717) is 13.0 Å². The molecule has 0 aromatic heterocycles. The third kappa shape index (κ3) is 4.09. The number of rotatable bonds is 3. The average Bonchev–Trinajstić information content (AvgIpc) is 2.69. The molecule has 0 saturated carbocycles. The van der Waals surface area contributed by atoms with E-state index in [0.717, 1.165) is 12.8 Å². The van der Waals surface area contributed by atoms with E-state index in [2.05, 4.69) is 5.32 Å². The van der Waals surface area contributed by atoms with Crippen LogP contribution >= 0.6 is 0 Å². The van der Waals surface area contributed by atoms with Gasteiger partial charge in [0.15, 0.2) is 0 Å². The van der Waals surface area contributed by atoms with Gasteiger partial charge in [0.1, 0.15) is 11.5 Å². The molecule has 1 amide bonds. The van der Waals surface area contributed by atoms with Gasteiger partial charge in [0.25, 0.3) is 0 Å². The van der Waals surface area contributed by atoms with Crippen molar-refractivity contribution >= 4 is 12.1 Å². The van der Waals surface area contributed by atoms with E-state index in [4.69, 9.17) is 14.2 Å². The minimum absolute atomic E-state index is 0.112. The van der Waals surface area contributed by atoms with Crippen LogP contribution in [0.2, 0.25) is 0 Å². The van der Waals surface area contributed by atoms with Crippen LogP contribution in [0.3, 0.4) is 0 Å². The number of ether oxygens (including phenoxy) is 3. The van der Waals surface area contributed by atoms with Crippen molar-refractivity contribution in [2.45, 2.75) is 70.8 Å². The van der Waals surface area contributed by atoms with Gasteiger partial charge in [-0.2, -0.15) is 0 Å². The molecule has 1 N–H and O–H groups in total. The summed E-state index contributed by atoms with van der Waals surface area (Å²) >= 11 is 0. The van der Waals surface area contributed by atoms with Crippen molar-refractivity contribution in [1.82, 2.24) is 5.32 Å². The lowest BCUT2D eigenvalue weighted by molar-refractivity contribution is -0.159. The Labute approximate surface area is 125 Å². The van der Waals surface area contributed by atoms with Crippen molar-refractivity contribution in [1.29, 1.82) is 0 Å². The highest BCUT2D eigenvalue weighted by molar-refractivity contribution is 5.76. The second-order valence-electron chi connectivity index (χ2n) is 6.64. The third-order valence-electron chi connectivity index (χ3n) is 3.75. The summed E-state index contributed by atoms with van der Waals surface area (Å²) < 4.78 is 16.2. The van der Waals surface area contributed by atoms with E-state index >= 15 is 0 Å². The first kappa shape index (κ1) is 16.1. The van der Waals surface area contributed by atoms with Crippen LogP contribution in [-0.2, 0) is 19.0 Å². The number of esters is 1. The lowest BCUT2D eigenvalue weighted by Crippen LogP contribution is -2.53. The van der Waals surface area contributed by atoms with E-state index in [1.807, 2.05) is 20.8 Å². The van der Waals surface area contributed by atoms with Crippen LogP contribution < -0.4 is 5.32 Å². The predicted molar refractivity (Wildman–Crippen MR) is 75.8 cm³/mol. The molecule has 0 spiro atoms. The minimum atomic E-state index is -0.562. The zero-order valence-electron chi connectivity index (χ0n) is 13.2. The molecule has 2 rings (SSSR count). The highest BCUT2D eigenvalue weighted by Crippen LogP contribution is 2.37. The molecule has 2 bridgehead atoms. The third-order valence-corrected chi connectivity index (χ3v) is 3.75. The van der Waals surface area contributed by atoms with Crippen LogP contribution in [0.1, 0.15) is 47.0 Å². The fourth-order valence-electron chi connectivity index (χ4n) is 3.02. The molecular weight excluding hydrogens is 274 g/mol. The number of amides is 1. The summed E-state index contributed by atoms with van der Waals surface area (Å²) in [6.07, 6.45) is 1.83. The fraction of sp³-hybridized carbons (Fsp3) is 0.867. The van der Waals surface area contributed by atoms with Crippen LogP contribution in [-0.4, -0.2) is 42.5 Å². The normalized spacial score (nSPS) is 31.6. The molecule has 6 heteroatoms. The number of carbonyl (C=O) groups excluding carboxylic acids is 2. The van der Waals surface area contributed by atoms with Crippen molar-refractivity contribution in [2.75, 3.05) is 6.61 Å². The fourth-order valence-corrected chi connectivity index (χ4v) is 3.02. The quantitative estimate of drug-likeness (QED) is 0.807. The van der Waals surface area contributed by atoms with Gasteiger partial charge in [-0.1, -0.05) is 0 Å². The molecule has 2 fully saturated rings. The Balaban J connectivity index is 2.04. The summed E-state index contributed by atoms with van der Waals surface area (Å²) in [5, 5.41) is 2.82. The number of hydrogen-bond acceptors (Lipinski definition) is 5. The minimum Gasteiger partial charge on any atom is -0.466 e. The highest BCUT2D eigenvalue weighted by Gasteiger charge is 2.48. The molecule has 2 saturated heterocycles. The molecule has 120 valence electrons. The van der Waals surface area contributed by atoms with Gasteiger partial charge in [-0.3, -0.25) is 4.79 Å². The molecule has 6 nitrogen and oxygen atoms in total. The molecule has 0 aromatic rings. The smallest absolute Gasteiger partial charge is 0.407 e. The zero-order valence-corrected chi connectivity index (χ0v) is 13.2. The van der Waals surface area contributed by atoms with E-state index in [9.17, 15) is 9.59 Å². The monoisotopic (exact) mass is 299 g/mol. The Bertz CT molecular complexity index is 403. The Morgan fingerprint density at radius 1 is 1.29 bits per heavy atom. The van der Waals surface area contributed by atoms with Gasteiger partial charge in [0, 0.05) is 0 Å². The summed E-state index contributed by atoms with van der Waals surface area (Å²) in [6.45, 7) is 7.52. The van der Waals surface area contributed by atoms with Crippen molar-refractivity contribution in [2.24, 2.45) is 5.92 Å². The van der Waals surface area contributed by atoms with Gasteiger partial charge < -0.3 is 19.5 Å². The number of nitrogens with one attached hydrogen (secondary N) is 1. The van der Waals surface area contributed by atoms with Gasteiger partial charge in [-0.15, -0.1) is 0 Å². The largest absolute Gasteiger partial charge is 0.466 e. The summed E-state index contributed by atoms with van der Waals surface area (Å²) in [7, 11) is 0. The second kappa shape index (κ2) is 6.22. The zero-order chi connectivity index (χ0) is 15.6. The van der Waals surface area contributed by atoms with Crippen molar-refractivity contribution in [3.63, 3.8) is 0 Å². The van der Waals surface area contributed by atoms with E-state index in [1.54, 1.807) is 6.92 Å². The average molecular weight is 299 g/mol. The van der Waals surface area contributed by atoms with Crippen LogP contribution in [0.25, 0.3) is 0 Å². The molecule has 0 aliphatic carbocycles. The van der Waals surface area contributed by atoms with E-state index in [1.165, 1.54) is 0 Å². The number of hydrogen-bond donors (Lipinski definition) is 1. The molecule has 21 heavy (non-hydrogen) atoms. The topological polar surface area (TPSA) is 73.9 Å². The maximum absolute atomic E-state index is 12.2. The Morgan fingerprint density at radius 3 is 2.62 bits per heavy atom. The van der Waals surface area contributed by atoms with Crippen LogP contribution in [0.15, 0.2) is 0 Å². The van der Waals surface area contributed by atoms with E-state index < -0.39 is 17.6 Å². The molecule has 2 aliphatic rings. The first-order valence-electron chi connectivity index (χ1n) is 7.61. The lowest BCUT2D eigenvalue weighted by Gasteiger charge is -2.35. The SMILES string of the molecule is CCOC(=O)C1C(NC(=O)OC(C)(C)C)CC2CCC1O2. The predicted octanol–water partition coefficient (Wildman–Crippen LogP) is 2.01. The molecule has 0 radical (unpaired) electrons. The molecule has 4 atom stereocenters. The first-order chi connectivity index (χ1) is 9.80. The van der Waals surface area contributed by atoms with Crippen LogP contribution in [0.4, 0.5) is 4.79 Å². The van der Waals surface area contributed by atoms with Gasteiger partial charge in [0.2, 0.25) is 0 Å². The molecule has 0 aromatic carbocycles. The molecule has 2 heterocycles. The first-order valence-corrected chi connectivity index (χ1v) is 7.61. The Hall–Kier alpha value is -1.30. The maximum atomic E-state index is 12.2. The number of fused-ring (bicyclic) bond motifs is 2. The molecule has 4 unspecified atom stereocenters. The van der Waals surface area contributed by atoms with Gasteiger partial charge in [-0.25, -0.2) is 4.79 Å². The van der Waals surface area contributed by atoms with Crippen molar-refractivity contribution in [3.05, 3.63) is 0 Å². The maximum Gasteiger partial charge on any atom is 0.407 e. The summed E-state index contributed by atoms with van der Waals surface area (Å²) in [5.41, 5.74) is -0.562. The lowest BCUT2D eigenvalue weighted by atomic mass is 9.90. The second-order valence-corrected chi connectivity index (χ2v) is 6.64. The van der Waals surface area contributed by atoms with E-state index in [-0.39, 0.29) is 24.2 Å². The van der Waals surface area contributed by atoms with Gasteiger partial charge in [-0.05, 0) is 47.0 Å². The Morgan fingerprint density at radius 2 is 2.00 bits per heavy atom. The summed E-state index contributed by atoms with van der Waals surface area (Å²) in [4.78, 5) is 24.1. The standard InChI is InChI=1S/C15H25NO5/c1-5-19-13(17)12-10(8-9-6-7-11(12)20-9)16-14(18)21-15(2,3)4/h9-12H,5-8H2,1-4H3,(H,16,18). The van der Waals surface area contributed by atoms with Crippen molar-refractivity contribution < 1.29 is 23.8 Å². The molecular formula is C15H25NO5. The van der Waals surface area contributed by atoms with Crippen molar-refractivity contribution in [3.8, 4) is 0 Å². The van der Waals surface area contributed by atoms with Crippen LogP contribution in [0, 0.1) is 5.92 Å². The molecule has 2 aliphatic heterocycles.